The van der Waals surface area contributed by atoms with E-state index in [-0.39, 0.29) is 24.0 Å². The third kappa shape index (κ3) is 7.18. The maximum absolute atomic E-state index is 12.6. The third-order valence-corrected chi connectivity index (χ3v) is 6.50. The quantitative estimate of drug-likeness (QED) is 0.388. The maximum atomic E-state index is 12.6. The topological polar surface area (TPSA) is 110 Å². The van der Waals surface area contributed by atoms with Gasteiger partial charge in [0.2, 0.25) is 11.8 Å². The third-order valence-electron chi connectivity index (χ3n) is 5.48. The van der Waals surface area contributed by atoms with Gasteiger partial charge in [-0.1, -0.05) is 37.2 Å². The van der Waals surface area contributed by atoms with Crippen LogP contribution in [0.5, 0.6) is 17.2 Å². The van der Waals surface area contributed by atoms with Gasteiger partial charge in [-0.2, -0.15) is 5.26 Å². The Labute approximate surface area is 216 Å². The summed E-state index contributed by atoms with van der Waals surface area (Å²) in [6, 6.07) is 14.8. The first-order valence-electron chi connectivity index (χ1n) is 11.9. The molecule has 36 heavy (non-hydrogen) atoms. The van der Waals surface area contributed by atoms with Crippen LogP contribution >= 0.6 is 11.8 Å². The fourth-order valence-electron chi connectivity index (χ4n) is 3.73. The van der Waals surface area contributed by atoms with Crippen molar-refractivity contribution in [3.05, 3.63) is 58.6 Å². The minimum atomic E-state index is -0.448. The molecule has 8 nitrogen and oxygen atoms in total. The molecule has 190 valence electrons. The molecule has 0 saturated heterocycles. The standard InChI is InChI=1S/C27H31N3O5S/c1-4-6-12-35-20-9-7-8-19(14-20)29-26(32)17-36-27-22(16-28)21(15-25(31)30-27)18-10-11-23(34-5-2)24(13-18)33-3/h7-11,13-14,21H,4-6,12,15,17H2,1-3H3,(H,29,32)(H,30,31)/t21-/m0/s1. The van der Waals surface area contributed by atoms with Gasteiger partial charge in [0.1, 0.15) is 5.75 Å². The molecule has 1 atom stereocenters. The number of nitriles is 1. The second-order valence-corrected chi connectivity index (χ2v) is 9.06. The fourth-order valence-corrected chi connectivity index (χ4v) is 4.60. The smallest absolute Gasteiger partial charge is 0.234 e. The molecule has 2 N–H and O–H groups in total. The van der Waals surface area contributed by atoms with Crippen LogP contribution in [0.2, 0.25) is 0 Å². The lowest BCUT2D eigenvalue weighted by Crippen LogP contribution is -2.31. The zero-order valence-corrected chi connectivity index (χ0v) is 21.6. The van der Waals surface area contributed by atoms with E-state index in [1.54, 1.807) is 31.4 Å². The highest BCUT2D eigenvalue weighted by molar-refractivity contribution is 8.03. The van der Waals surface area contributed by atoms with Gasteiger partial charge in [-0.3, -0.25) is 9.59 Å². The highest BCUT2D eigenvalue weighted by atomic mass is 32.2. The first-order chi connectivity index (χ1) is 17.5. The Morgan fingerprint density at radius 1 is 1.19 bits per heavy atom. The van der Waals surface area contributed by atoms with Gasteiger partial charge in [-0.05, 0) is 43.2 Å². The lowest BCUT2D eigenvalue weighted by Gasteiger charge is -2.25. The van der Waals surface area contributed by atoms with Crippen LogP contribution in [0.1, 0.15) is 44.6 Å². The number of nitrogens with zero attached hydrogens (tertiary/aromatic N) is 1. The van der Waals surface area contributed by atoms with Gasteiger partial charge in [-0.15, -0.1) is 0 Å². The Morgan fingerprint density at radius 3 is 2.75 bits per heavy atom. The van der Waals surface area contributed by atoms with Gasteiger partial charge in [0.15, 0.2) is 11.5 Å². The van der Waals surface area contributed by atoms with E-state index in [0.717, 1.165) is 30.2 Å². The number of unbranched alkanes of at least 4 members (excludes halogenated alkanes) is 1. The average molecular weight is 510 g/mol. The lowest BCUT2D eigenvalue weighted by molar-refractivity contribution is -0.121. The van der Waals surface area contributed by atoms with E-state index in [1.807, 2.05) is 25.1 Å². The van der Waals surface area contributed by atoms with Crippen LogP contribution < -0.4 is 24.8 Å². The summed E-state index contributed by atoms with van der Waals surface area (Å²) in [5.41, 5.74) is 1.80. The number of anilines is 1. The molecule has 3 rings (SSSR count). The van der Waals surface area contributed by atoms with Crippen molar-refractivity contribution in [3.8, 4) is 23.3 Å². The molecule has 0 saturated carbocycles. The van der Waals surface area contributed by atoms with Crippen LogP contribution in [0.3, 0.4) is 0 Å². The van der Waals surface area contributed by atoms with Crippen LogP contribution in [0, 0.1) is 11.3 Å². The molecule has 1 aliphatic heterocycles. The van der Waals surface area contributed by atoms with Crippen molar-refractivity contribution < 1.29 is 23.8 Å². The summed E-state index contributed by atoms with van der Waals surface area (Å²) in [5.74, 6) is 0.930. The zero-order valence-electron chi connectivity index (χ0n) is 20.8. The van der Waals surface area contributed by atoms with Crippen molar-refractivity contribution in [2.24, 2.45) is 0 Å². The molecular weight excluding hydrogens is 478 g/mol. The van der Waals surface area contributed by atoms with Crippen molar-refractivity contribution in [3.63, 3.8) is 0 Å². The van der Waals surface area contributed by atoms with Gasteiger partial charge in [-0.25, -0.2) is 0 Å². The van der Waals surface area contributed by atoms with Crippen LogP contribution in [0.25, 0.3) is 0 Å². The van der Waals surface area contributed by atoms with Gasteiger partial charge >= 0.3 is 0 Å². The number of nitrogens with one attached hydrogen (secondary N) is 2. The second-order valence-electron chi connectivity index (χ2n) is 8.07. The molecule has 0 radical (unpaired) electrons. The molecule has 0 spiro atoms. The summed E-state index contributed by atoms with van der Waals surface area (Å²) >= 11 is 1.13. The molecule has 0 aliphatic carbocycles. The van der Waals surface area contributed by atoms with Gasteiger partial charge in [0.25, 0.3) is 0 Å². The number of thioether (sulfide) groups is 1. The highest BCUT2D eigenvalue weighted by Gasteiger charge is 2.30. The summed E-state index contributed by atoms with van der Waals surface area (Å²) in [5, 5.41) is 15.9. The van der Waals surface area contributed by atoms with Gasteiger partial charge in [0.05, 0.1) is 42.7 Å². The minimum Gasteiger partial charge on any atom is -0.494 e. The van der Waals surface area contributed by atoms with Crippen LogP contribution in [-0.4, -0.2) is 37.9 Å². The SMILES string of the molecule is CCCCOc1cccc(NC(=O)CSC2=C(C#N)[C@H](c3ccc(OCC)c(OC)c3)CC(=O)N2)c1. The number of benzene rings is 2. The predicted octanol–water partition coefficient (Wildman–Crippen LogP) is 4.98. The fraction of sp³-hybridized carbons (Fsp3) is 0.370. The van der Waals surface area contributed by atoms with Crippen molar-refractivity contribution in [2.75, 3.05) is 31.4 Å². The number of carbonyl (C=O) groups is 2. The number of hydrogen-bond donors (Lipinski definition) is 2. The van der Waals surface area contributed by atoms with Gasteiger partial charge in [0, 0.05) is 24.1 Å². The second kappa shape index (κ2) is 13.4. The molecule has 1 aliphatic rings. The minimum absolute atomic E-state index is 0.0288. The highest BCUT2D eigenvalue weighted by Crippen LogP contribution is 2.39. The summed E-state index contributed by atoms with van der Waals surface area (Å²) in [6.07, 6.45) is 2.12. The summed E-state index contributed by atoms with van der Waals surface area (Å²) in [6.45, 7) is 5.09. The molecule has 9 heteroatoms. The Kier molecular flexibility index (Phi) is 10.1. The number of rotatable bonds is 12. The van der Waals surface area contributed by atoms with Crippen molar-refractivity contribution >= 4 is 29.3 Å². The first kappa shape index (κ1) is 27.0. The number of allylic oxidation sites excluding steroid dienone is 1. The molecule has 0 bridgehead atoms. The number of methoxy groups -OCH3 is 1. The van der Waals surface area contributed by atoms with E-state index in [0.29, 0.717) is 46.8 Å². The number of hydrogen-bond acceptors (Lipinski definition) is 7. The number of amides is 2. The molecule has 0 unspecified atom stereocenters. The molecule has 1 heterocycles. The Bertz CT molecular complexity index is 1160. The summed E-state index contributed by atoms with van der Waals surface area (Å²) < 4.78 is 16.7. The Hall–Kier alpha value is -3.64. The van der Waals surface area contributed by atoms with E-state index >= 15 is 0 Å². The average Bonchev–Trinajstić information content (AvgIpc) is 2.88. The van der Waals surface area contributed by atoms with Gasteiger partial charge < -0.3 is 24.8 Å². The Morgan fingerprint density at radius 2 is 2.03 bits per heavy atom. The van der Waals surface area contributed by atoms with Crippen LogP contribution in [0.15, 0.2) is 53.1 Å². The van der Waals surface area contributed by atoms with Crippen molar-refractivity contribution in [1.29, 1.82) is 5.26 Å². The molecule has 0 fully saturated rings. The summed E-state index contributed by atoms with van der Waals surface area (Å²) in [4.78, 5) is 25.1. The molecule has 2 amide bonds. The largest absolute Gasteiger partial charge is 0.494 e. The first-order valence-corrected chi connectivity index (χ1v) is 12.9. The van der Waals surface area contributed by atoms with Crippen LogP contribution in [-0.2, 0) is 9.59 Å². The van der Waals surface area contributed by atoms with E-state index < -0.39 is 5.92 Å². The van der Waals surface area contributed by atoms with Crippen molar-refractivity contribution in [2.45, 2.75) is 39.0 Å². The van der Waals surface area contributed by atoms with Crippen LogP contribution in [0.4, 0.5) is 5.69 Å². The number of ether oxygens (including phenoxy) is 3. The van der Waals surface area contributed by atoms with E-state index in [2.05, 4.69) is 23.6 Å². The lowest BCUT2D eigenvalue weighted by atomic mass is 9.87. The molecular formula is C27H31N3O5S. The zero-order chi connectivity index (χ0) is 25.9. The Balaban J connectivity index is 1.71. The van der Waals surface area contributed by atoms with E-state index in [9.17, 15) is 14.9 Å². The van der Waals surface area contributed by atoms with E-state index in [1.165, 1.54) is 0 Å². The predicted molar refractivity (Wildman–Crippen MR) is 140 cm³/mol. The number of carbonyl (C=O) groups excluding carboxylic acids is 2. The molecule has 2 aromatic rings. The molecule has 2 aromatic carbocycles. The van der Waals surface area contributed by atoms with E-state index in [4.69, 9.17) is 14.2 Å². The summed E-state index contributed by atoms with van der Waals surface area (Å²) in [7, 11) is 1.54. The molecule has 0 aromatic heterocycles. The maximum Gasteiger partial charge on any atom is 0.234 e. The monoisotopic (exact) mass is 509 g/mol. The normalized spacial score (nSPS) is 15.1. The van der Waals surface area contributed by atoms with Crippen molar-refractivity contribution in [1.82, 2.24) is 5.32 Å².